The Balaban J connectivity index is 1.29. The van der Waals surface area contributed by atoms with Gasteiger partial charge in [0.15, 0.2) is 5.79 Å². The number of amides is 2. The zero-order chi connectivity index (χ0) is 39.6. The number of hydrogen-bond acceptors (Lipinski definition) is 6. The van der Waals surface area contributed by atoms with Gasteiger partial charge in [-0.1, -0.05) is 92.4 Å². The summed E-state index contributed by atoms with van der Waals surface area (Å²) in [4.78, 5) is 31.1. The highest BCUT2D eigenvalue weighted by molar-refractivity contribution is 6.76. The molecule has 0 radical (unpaired) electrons. The zero-order valence-electron chi connectivity index (χ0n) is 32.7. The quantitative estimate of drug-likeness (QED) is 0.0893. The molecule has 0 spiro atoms. The first-order chi connectivity index (χ1) is 26.7. The number of rotatable bonds is 14. The number of fused-ring (bicyclic) bond motifs is 2. The molecule has 2 aliphatic rings. The first-order valence-corrected chi connectivity index (χ1v) is 23.0. The van der Waals surface area contributed by atoms with Gasteiger partial charge in [-0.05, 0) is 79.3 Å². The Hall–Kier alpha value is -4.88. The molecule has 0 saturated carbocycles. The number of hydrogen-bond donors (Lipinski definition) is 1. The second-order valence-corrected chi connectivity index (χ2v) is 22.2. The summed E-state index contributed by atoms with van der Waals surface area (Å²) in [5.74, 6) is -3.16. The van der Waals surface area contributed by atoms with Crippen LogP contribution in [0.15, 0.2) is 103 Å². The Morgan fingerprint density at radius 3 is 1.93 bits per heavy atom. The summed E-state index contributed by atoms with van der Waals surface area (Å²) in [5, 5.41) is 15.3. The fraction of sp³-hybridized carbons (Fsp3) is 0.386. The third kappa shape index (κ3) is 9.05. The molecule has 4 aromatic carbocycles. The van der Waals surface area contributed by atoms with Gasteiger partial charge in [0.2, 0.25) is 0 Å². The third-order valence-corrected chi connectivity index (χ3v) is 12.4. The highest BCUT2D eigenvalue weighted by Gasteiger charge is 2.55. The van der Waals surface area contributed by atoms with Crippen molar-refractivity contribution in [2.24, 2.45) is 0 Å². The van der Waals surface area contributed by atoms with Gasteiger partial charge in [0.25, 0.3) is 0 Å². The Bertz CT molecular complexity index is 2160. The summed E-state index contributed by atoms with van der Waals surface area (Å²) in [7, 11) is -1.22. The highest BCUT2D eigenvalue weighted by atomic mass is 28.3. The monoisotopic (exact) mass is 778 g/mol. The number of urea groups is 1. The fourth-order valence-electron chi connectivity index (χ4n) is 7.84. The molecule has 7 rings (SSSR count). The van der Waals surface area contributed by atoms with Gasteiger partial charge in [-0.3, -0.25) is 0 Å². The van der Waals surface area contributed by atoms with E-state index in [-0.39, 0.29) is 19.1 Å². The molecule has 0 bridgehead atoms. The molecular formula is C44H51FN4O6Si. The van der Waals surface area contributed by atoms with Crippen LogP contribution in [0.25, 0.3) is 10.9 Å². The maximum Gasteiger partial charge on any atom is 0.338 e. The SMILES string of the molecule is CC1(C)O[C@@H]2[C@@H](O1)[C@@H](Cc1ccccc1)N(Cc1ccc3c(cnn3COCC[Si](C)(C)C)c1)C(=O)N(Cc1ccc(F)c(C(=O)O)c1)[C@@H]2Cc1ccccc1. The molecule has 3 heterocycles. The molecule has 4 atom stereocenters. The molecule has 2 saturated heterocycles. The Morgan fingerprint density at radius 1 is 0.821 bits per heavy atom. The summed E-state index contributed by atoms with van der Waals surface area (Å²) in [5.41, 5.74) is 3.95. The predicted octanol–water partition coefficient (Wildman–Crippen LogP) is 8.37. The van der Waals surface area contributed by atoms with E-state index < -0.39 is 55.5 Å². The lowest BCUT2D eigenvalue weighted by Crippen LogP contribution is -2.51. The van der Waals surface area contributed by atoms with Gasteiger partial charge in [-0.15, -0.1) is 0 Å². The van der Waals surface area contributed by atoms with E-state index in [1.807, 2.05) is 90.3 Å². The summed E-state index contributed by atoms with van der Waals surface area (Å²) in [6.45, 7) is 12.1. The fourth-order valence-corrected chi connectivity index (χ4v) is 8.60. The topological polar surface area (TPSA) is 106 Å². The van der Waals surface area contributed by atoms with Crippen molar-refractivity contribution in [2.75, 3.05) is 6.61 Å². The number of nitrogens with zero attached hydrogens (tertiary/aromatic N) is 4. The van der Waals surface area contributed by atoms with Gasteiger partial charge in [0.05, 0.1) is 29.4 Å². The van der Waals surface area contributed by atoms with Crippen LogP contribution in [0.2, 0.25) is 25.7 Å². The molecule has 2 aliphatic heterocycles. The predicted molar refractivity (Wildman–Crippen MR) is 215 cm³/mol. The Kier molecular flexibility index (Phi) is 11.5. The van der Waals surface area contributed by atoms with Crippen LogP contribution in [0.3, 0.4) is 0 Å². The molecule has 2 fully saturated rings. The third-order valence-electron chi connectivity index (χ3n) is 10.7. The van der Waals surface area contributed by atoms with Crippen LogP contribution in [0.4, 0.5) is 9.18 Å². The van der Waals surface area contributed by atoms with Crippen LogP contribution >= 0.6 is 0 Å². The number of carboxylic acid groups (broad SMARTS) is 1. The first-order valence-electron chi connectivity index (χ1n) is 19.3. The van der Waals surface area contributed by atoms with Crippen molar-refractivity contribution >= 4 is 31.0 Å². The lowest BCUT2D eigenvalue weighted by atomic mass is 9.91. The number of carbonyl (C=O) groups excluding carboxylic acids is 1. The van der Waals surface area contributed by atoms with Gasteiger partial charge in [-0.2, -0.15) is 5.10 Å². The van der Waals surface area contributed by atoms with E-state index >= 15 is 4.79 Å². The van der Waals surface area contributed by atoms with Crippen molar-refractivity contribution in [2.45, 2.75) is 102 Å². The van der Waals surface area contributed by atoms with Crippen molar-refractivity contribution in [1.82, 2.24) is 19.6 Å². The molecule has 5 aromatic rings. The van der Waals surface area contributed by atoms with E-state index in [1.165, 1.54) is 6.07 Å². The van der Waals surface area contributed by atoms with E-state index in [0.29, 0.717) is 31.7 Å². The van der Waals surface area contributed by atoms with Gasteiger partial charge in [0, 0.05) is 33.2 Å². The highest BCUT2D eigenvalue weighted by Crippen LogP contribution is 2.40. The average molecular weight is 779 g/mol. The second kappa shape index (κ2) is 16.3. The largest absolute Gasteiger partial charge is 0.478 e. The molecule has 56 heavy (non-hydrogen) atoms. The summed E-state index contributed by atoms with van der Waals surface area (Å²) in [6, 6.07) is 30.0. The smallest absolute Gasteiger partial charge is 0.338 e. The van der Waals surface area contributed by atoms with Gasteiger partial charge < -0.3 is 29.1 Å². The van der Waals surface area contributed by atoms with Crippen LogP contribution in [0, 0.1) is 5.82 Å². The standard InChI is InChI=1S/C44H51FN4O6Si/c1-44(2)54-40-38(24-30-12-8-6-9-13-30)47(27-32-17-19-37-34(22-32)26-46-49(37)29-53-20-21-56(3,4)5)43(52)48(28-33-16-18-36(45)35(23-33)42(50)51)39(41(40)55-44)25-31-14-10-7-11-15-31/h6-19,22-23,26,38-41H,20-21,24-25,27-29H2,1-5H3,(H,50,51)/t38-,39-,40+,41+/m1/s1. The van der Waals surface area contributed by atoms with Crippen molar-refractivity contribution in [1.29, 1.82) is 0 Å². The molecule has 1 aromatic heterocycles. The normalized spacial score (nSPS) is 21.0. The van der Waals surface area contributed by atoms with E-state index in [0.717, 1.165) is 39.7 Å². The molecule has 0 aliphatic carbocycles. The lowest BCUT2D eigenvalue weighted by Gasteiger charge is -2.37. The van der Waals surface area contributed by atoms with Gasteiger partial charge in [0.1, 0.15) is 24.8 Å². The maximum absolute atomic E-state index is 15.4. The number of benzene rings is 4. The lowest BCUT2D eigenvalue weighted by molar-refractivity contribution is -0.157. The van der Waals surface area contributed by atoms with Crippen molar-refractivity contribution in [3.8, 4) is 0 Å². The Labute approximate surface area is 328 Å². The summed E-state index contributed by atoms with van der Waals surface area (Å²) >= 11 is 0. The number of aromatic nitrogens is 2. The molecule has 294 valence electrons. The number of carboxylic acids is 1. The second-order valence-electron chi connectivity index (χ2n) is 16.6. The van der Waals surface area contributed by atoms with Crippen molar-refractivity contribution in [3.63, 3.8) is 0 Å². The molecule has 1 N–H and O–H groups in total. The van der Waals surface area contributed by atoms with Gasteiger partial charge in [-0.25, -0.2) is 18.7 Å². The first kappa shape index (κ1) is 39.4. The zero-order valence-corrected chi connectivity index (χ0v) is 33.7. The number of carbonyl (C=O) groups is 2. The number of ether oxygens (including phenoxy) is 3. The van der Waals surface area contributed by atoms with Crippen LogP contribution in [-0.4, -0.2) is 81.4 Å². The van der Waals surface area contributed by atoms with Crippen molar-refractivity contribution in [3.05, 3.63) is 137 Å². The molecule has 0 unspecified atom stereocenters. The number of aromatic carboxylic acids is 1. The summed E-state index contributed by atoms with van der Waals surface area (Å²) in [6.07, 6.45) is 1.73. The maximum atomic E-state index is 15.4. The van der Waals surface area contributed by atoms with E-state index in [9.17, 15) is 14.3 Å². The molecule has 10 nitrogen and oxygen atoms in total. The van der Waals surface area contributed by atoms with Gasteiger partial charge >= 0.3 is 12.0 Å². The molecule has 2 amide bonds. The molecule has 12 heteroatoms. The van der Waals surface area contributed by atoms with Crippen LogP contribution in [0.5, 0.6) is 0 Å². The average Bonchev–Trinajstić information content (AvgIpc) is 3.70. The van der Waals surface area contributed by atoms with Crippen molar-refractivity contribution < 1.29 is 33.3 Å². The van der Waals surface area contributed by atoms with Crippen LogP contribution < -0.4 is 0 Å². The minimum Gasteiger partial charge on any atom is -0.478 e. The van der Waals surface area contributed by atoms with E-state index in [4.69, 9.17) is 14.2 Å². The van der Waals surface area contributed by atoms with E-state index in [2.05, 4.69) is 42.9 Å². The summed E-state index contributed by atoms with van der Waals surface area (Å²) < 4.78 is 36.1. The number of halogens is 1. The Morgan fingerprint density at radius 2 is 1.38 bits per heavy atom. The minimum atomic E-state index is -1.37. The van der Waals surface area contributed by atoms with Crippen LogP contribution in [-0.2, 0) is 46.9 Å². The van der Waals surface area contributed by atoms with E-state index in [1.54, 1.807) is 11.0 Å². The molecular weight excluding hydrogens is 728 g/mol. The minimum absolute atomic E-state index is 0.0297. The van der Waals surface area contributed by atoms with Crippen LogP contribution in [0.1, 0.15) is 46.5 Å².